The van der Waals surface area contributed by atoms with Crippen molar-refractivity contribution in [2.24, 2.45) is 0 Å². The summed E-state index contributed by atoms with van der Waals surface area (Å²) in [7, 11) is 1.30. The van der Waals surface area contributed by atoms with Crippen LogP contribution in [0.5, 0.6) is 11.5 Å². The summed E-state index contributed by atoms with van der Waals surface area (Å²) in [4.78, 5) is 23.0. The number of ether oxygens (including phenoxy) is 2. The van der Waals surface area contributed by atoms with Gasteiger partial charge in [-0.2, -0.15) is 13.2 Å². The molecule has 140 valence electrons. The van der Waals surface area contributed by atoms with Crippen LogP contribution in [-0.4, -0.2) is 42.9 Å². The molecule has 6 nitrogen and oxygen atoms in total. The smallest absolute Gasteiger partial charge is 0.391 e. The van der Waals surface area contributed by atoms with E-state index >= 15 is 0 Å². The number of hydrogen-bond acceptors (Lipinski definition) is 4. The van der Waals surface area contributed by atoms with Crippen molar-refractivity contribution in [3.8, 4) is 11.5 Å². The van der Waals surface area contributed by atoms with Crippen LogP contribution in [0.3, 0.4) is 0 Å². The van der Waals surface area contributed by atoms with Crippen LogP contribution in [-0.2, 0) is 4.79 Å². The summed E-state index contributed by atoms with van der Waals surface area (Å²) >= 11 is 6.02. The molecule has 0 aliphatic carbocycles. The third kappa shape index (κ3) is 6.33. The van der Waals surface area contributed by atoms with Gasteiger partial charge in [0.25, 0.3) is 5.91 Å². The van der Waals surface area contributed by atoms with Crippen LogP contribution in [0.15, 0.2) is 12.1 Å². The van der Waals surface area contributed by atoms with Gasteiger partial charge in [0, 0.05) is 5.56 Å². The van der Waals surface area contributed by atoms with Gasteiger partial charge in [-0.3, -0.25) is 4.79 Å². The Labute approximate surface area is 146 Å². The third-order valence-corrected chi connectivity index (χ3v) is 3.26. The number of rotatable bonds is 8. The Hall–Kier alpha value is -2.16. The number of carboxylic acids is 1. The topological polar surface area (TPSA) is 84.9 Å². The molecule has 0 fully saturated rings. The Morgan fingerprint density at radius 1 is 1.36 bits per heavy atom. The minimum absolute atomic E-state index is 0.0145. The lowest BCUT2D eigenvalue weighted by Gasteiger charge is -2.17. The number of benzene rings is 1. The maximum absolute atomic E-state index is 12.4. The molecule has 0 saturated heterocycles. The fourth-order valence-electron chi connectivity index (χ4n) is 1.87. The van der Waals surface area contributed by atoms with Gasteiger partial charge in [-0.1, -0.05) is 18.5 Å². The van der Waals surface area contributed by atoms with Crippen LogP contribution in [0.1, 0.15) is 30.1 Å². The second-order valence-electron chi connectivity index (χ2n) is 5.02. The maximum atomic E-state index is 12.4. The molecule has 0 aromatic heterocycles. The van der Waals surface area contributed by atoms with Crippen molar-refractivity contribution in [1.29, 1.82) is 0 Å². The molecule has 0 spiro atoms. The number of aliphatic carboxylic acids is 1. The van der Waals surface area contributed by atoms with Crippen LogP contribution in [0, 0.1) is 0 Å². The van der Waals surface area contributed by atoms with Gasteiger partial charge in [0.05, 0.1) is 25.2 Å². The lowest BCUT2D eigenvalue weighted by Crippen LogP contribution is -2.43. The van der Waals surface area contributed by atoms with E-state index in [9.17, 15) is 22.8 Å². The van der Waals surface area contributed by atoms with Gasteiger partial charge in [0.2, 0.25) is 0 Å². The van der Waals surface area contributed by atoms with Crippen LogP contribution >= 0.6 is 11.6 Å². The summed E-state index contributed by atoms with van der Waals surface area (Å²) < 4.78 is 47.7. The monoisotopic (exact) mass is 383 g/mol. The van der Waals surface area contributed by atoms with Crippen LogP contribution in [0.25, 0.3) is 0 Å². The molecule has 0 saturated carbocycles. The summed E-state index contributed by atoms with van der Waals surface area (Å²) in [6, 6.07) is 0.253. The zero-order chi connectivity index (χ0) is 19.2. The standard InChI is InChI=1S/C15H17ClF3NO5/c1-3-4-25-12-9(16)5-8(6-11(12)24-2)13(21)20-10(14(22)23)7-15(17,18)19/h5-6,10H,3-4,7H2,1-2H3,(H,20,21)(H,22,23). The zero-order valence-corrected chi connectivity index (χ0v) is 14.2. The minimum atomic E-state index is -4.75. The van der Waals surface area contributed by atoms with Crippen molar-refractivity contribution in [3.05, 3.63) is 22.7 Å². The quantitative estimate of drug-likeness (QED) is 0.719. The highest BCUT2D eigenvalue weighted by molar-refractivity contribution is 6.32. The molecule has 0 bridgehead atoms. The fraction of sp³-hybridized carbons (Fsp3) is 0.467. The van der Waals surface area contributed by atoms with Crippen LogP contribution in [0.4, 0.5) is 13.2 Å². The number of hydrogen-bond donors (Lipinski definition) is 2. The molecule has 10 heteroatoms. The van der Waals surface area contributed by atoms with Crippen LogP contribution in [0.2, 0.25) is 5.02 Å². The Balaban J connectivity index is 3.04. The van der Waals surface area contributed by atoms with Crippen molar-refractivity contribution in [1.82, 2.24) is 5.32 Å². The van der Waals surface area contributed by atoms with Gasteiger partial charge in [-0.25, -0.2) is 4.79 Å². The molecule has 1 unspecified atom stereocenters. The largest absolute Gasteiger partial charge is 0.493 e. The molecule has 1 amide bonds. The highest BCUT2D eigenvalue weighted by Crippen LogP contribution is 2.36. The van der Waals surface area contributed by atoms with Gasteiger partial charge in [-0.05, 0) is 18.6 Å². The molecule has 0 aliphatic heterocycles. The molecule has 1 atom stereocenters. The van der Waals surface area contributed by atoms with Crippen LogP contribution < -0.4 is 14.8 Å². The molecule has 0 radical (unpaired) electrons. The Morgan fingerprint density at radius 3 is 2.48 bits per heavy atom. The van der Waals surface area contributed by atoms with Gasteiger partial charge in [-0.15, -0.1) is 0 Å². The van der Waals surface area contributed by atoms with Crippen molar-refractivity contribution in [2.45, 2.75) is 32.0 Å². The molecule has 1 aromatic carbocycles. The maximum Gasteiger partial charge on any atom is 0.391 e. The first kappa shape index (κ1) is 20.9. The third-order valence-electron chi connectivity index (χ3n) is 2.98. The summed E-state index contributed by atoms with van der Waals surface area (Å²) in [6.45, 7) is 2.21. The number of methoxy groups -OCH3 is 1. The molecule has 0 heterocycles. The number of alkyl halides is 3. The molecule has 1 rings (SSSR count). The molecule has 25 heavy (non-hydrogen) atoms. The molecule has 2 N–H and O–H groups in total. The van der Waals surface area contributed by atoms with E-state index in [-0.39, 0.29) is 22.1 Å². The van der Waals surface area contributed by atoms with E-state index in [1.165, 1.54) is 13.2 Å². The van der Waals surface area contributed by atoms with E-state index in [1.54, 1.807) is 0 Å². The zero-order valence-electron chi connectivity index (χ0n) is 13.4. The van der Waals surface area contributed by atoms with E-state index in [2.05, 4.69) is 0 Å². The normalized spacial score (nSPS) is 12.4. The van der Waals surface area contributed by atoms with Gasteiger partial charge < -0.3 is 19.9 Å². The van der Waals surface area contributed by atoms with E-state index in [4.69, 9.17) is 26.2 Å². The van der Waals surface area contributed by atoms with Crippen molar-refractivity contribution in [3.63, 3.8) is 0 Å². The minimum Gasteiger partial charge on any atom is -0.493 e. The van der Waals surface area contributed by atoms with E-state index in [0.29, 0.717) is 13.0 Å². The van der Waals surface area contributed by atoms with E-state index in [1.807, 2.05) is 12.2 Å². The lowest BCUT2D eigenvalue weighted by molar-refractivity contribution is -0.157. The Bertz CT molecular complexity index is 636. The summed E-state index contributed by atoms with van der Waals surface area (Å²) in [6.07, 6.45) is -5.75. The first-order chi connectivity index (χ1) is 11.6. The fourth-order valence-corrected chi connectivity index (χ4v) is 2.13. The Kier molecular flexibility index (Phi) is 7.35. The Morgan fingerprint density at radius 2 is 2.00 bits per heavy atom. The number of carbonyl (C=O) groups excluding carboxylic acids is 1. The van der Waals surface area contributed by atoms with Gasteiger partial charge in [0.1, 0.15) is 6.04 Å². The summed E-state index contributed by atoms with van der Waals surface area (Å²) in [5.74, 6) is -2.54. The van der Waals surface area contributed by atoms with Gasteiger partial charge in [0.15, 0.2) is 11.5 Å². The van der Waals surface area contributed by atoms with E-state index < -0.39 is 30.5 Å². The SMILES string of the molecule is CCCOc1c(Cl)cc(C(=O)NC(CC(F)(F)F)C(=O)O)cc1OC. The number of carbonyl (C=O) groups is 2. The number of nitrogens with one attached hydrogen (secondary N) is 1. The number of carboxylic acid groups (broad SMARTS) is 1. The average molecular weight is 384 g/mol. The second-order valence-corrected chi connectivity index (χ2v) is 5.43. The molecular formula is C15H17ClF3NO5. The number of amides is 1. The molecule has 0 aliphatic rings. The second kappa shape index (κ2) is 8.80. The highest BCUT2D eigenvalue weighted by atomic mass is 35.5. The average Bonchev–Trinajstić information content (AvgIpc) is 2.50. The van der Waals surface area contributed by atoms with Gasteiger partial charge >= 0.3 is 12.1 Å². The van der Waals surface area contributed by atoms with Crippen molar-refractivity contribution in [2.75, 3.05) is 13.7 Å². The summed E-state index contributed by atoms with van der Waals surface area (Å²) in [5.41, 5.74) is -0.154. The first-order valence-corrected chi connectivity index (χ1v) is 7.57. The predicted octanol–water partition coefficient (Wildman–Crippen LogP) is 3.27. The molecular weight excluding hydrogens is 367 g/mol. The predicted molar refractivity (Wildman–Crippen MR) is 83.4 cm³/mol. The highest BCUT2D eigenvalue weighted by Gasteiger charge is 2.36. The lowest BCUT2D eigenvalue weighted by atomic mass is 10.1. The number of halogens is 4. The molecule has 1 aromatic rings. The summed E-state index contributed by atoms with van der Waals surface area (Å²) in [5, 5.41) is 10.7. The van der Waals surface area contributed by atoms with E-state index in [0.717, 1.165) is 6.07 Å². The van der Waals surface area contributed by atoms with Crippen molar-refractivity contribution >= 4 is 23.5 Å². The van der Waals surface area contributed by atoms with Crippen molar-refractivity contribution < 1.29 is 37.3 Å². The first-order valence-electron chi connectivity index (χ1n) is 7.19.